The summed E-state index contributed by atoms with van der Waals surface area (Å²) in [7, 11) is 0. The fourth-order valence-corrected chi connectivity index (χ4v) is 9.12. The van der Waals surface area contributed by atoms with E-state index in [1.54, 1.807) is 11.1 Å². The van der Waals surface area contributed by atoms with Crippen molar-refractivity contribution in [2.24, 2.45) is 40.4 Å². The maximum atomic E-state index is 10.2. The van der Waals surface area contributed by atoms with Crippen LogP contribution in [0.3, 0.4) is 0 Å². The first kappa shape index (κ1) is 21.8. The van der Waals surface area contributed by atoms with Gasteiger partial charge in [-0.2, -0.15) is 0 Å². The number of hydrogen-bond acceptors (Lipinski definition) is 2. The fraction of sp³-hybridized carbons (Fsp3) is 0.852. The quantitative estimate of drug-likeness (QED) is 0.242. The number of rotatable bonds is 4. The topological polar surface area (TPSA) is 29.5 Å². The third-order valence-electron chi connectivity index (χ3n) is 10.4. The Morgan fingerprint density at radius 3 is 2.80 bits per heavy atom. The van der Waals surface area contributed by atoms with E-state index in [0.717, 1.165) is 42.9 Å². The molecule has 0 spiro atoms. The van der Waals surface area contributed by atoms with Crippen LogP contribution >= 0.6 is 22.6 Å². The molecule has 0 bridgehead atoms. The second-order valence-electron chi connectivity index (χ2n) is 12.0. The van der Waals surface area contributed by atoms with Crippen LogP contribution < -0.4 is 0 Å². The molecule has 3 heteroatoms. The van der Waals surface area contributed by atoms with Gasteiger partial charge in [0.25, 0.3) is 0 Å². The molecule has 0 amide bonds. The van der Waals surface area contributed by atoms with Gasteiger partial charge in [0.1, 0.15) is 6.10 Å². The summed E-state index contributed by atoms with van der Waals surface area (Å²) >= 11 is 2.52. The summed E-state index contributed by atoms with van der Waals surface area (Å²) in [6, 6.07) is 0. The zero-order valence-electron chi connectivity index (χ0n) is 19.4. The molecule has 2 nitrogen and oxygen atoms in total. The largest absolute Gasteiger partial charge is 0.494 e. The molecule has 9 atom stereocenters. The van der Waals surface area contributed by atoms with E-state index in [2.05, 4.69) is 56.4 Å². The van der Waals surface area contributed by atoms with E-state index in [9.17, 15) is 5.11 Å². The van der Waals surface area contributed by atoms with Gasteiger partial charge < -0.3 is 9.84 Å². The lowest BCUT2D eigenvalue weighted by Gasteiger charge is -2.57. The Labute approximate surface area is 197 Å². The first-order chi connectivity index (χ1) is 14.3. The Morgan fingerprint density at radius 1 is 1.23 bits per heavy atom. The van der Waals surface area contributed by atoms with Gasteiger partial charge in [0.05, 0.1) is 11.9 Å². The van der Waals surface area contributed by atoms with Crippen LogP contribution in [0.4, 0.5) is 0 Å². The maximum absolute atomic E-state index is 10.2. The first-order valence-corrected chi connectivity index (χ1v) is 14.1. The van der Waals surface area contributed by atoms with Crippen molar-refractivity contribution in [2.45, 2.75) is 97.7 Å². The Hall–Kier alpha value is -0.0300. The minimum Gasteiger partial charge on any atom is -0.494 e. The molecule has 0 aromatic carbocycles. The normalized spacial score (nSPS) is 48.3. The molecule has 0 saturated heterocycles. The lowest BCUT2D eigenvalue weighted by molar-refractivity contribution is -0.0454. The highest BCUT2D eigenvalue weighted by molar-refractivity contribution is 14.1. The van der Waals surface area contributed by atoms with Crippen molar-refractivity contribution in [3.05, 3.63) is 23.0 Å². The van der Waals surface area contributed by atoms with Gasteiger partial charge in [-0.05, 0) is 98.4 Å². The van der Waals surface area contributed by atoms with Crippen LogP contribution in [0.25, 0.3) is 0 Å². The van der Waals surface area contributed by atoms with Crippen LogP contribution in [-0.4, -0.2) is 21.7 Å². The number of fused-ring (bicyclic) bond motifs is 7. The van der Waals surface area contributed by atoms with Crippen molar-refractivity contribution < 1.29 is 9.84 Å². The number of ether oxygens (including phenoxy) is 1. The van der Waals surface area contributed by atoms with Crippen LogP contribution in [0.1, 0.15) is 85.5 Å². The predicted octanol–water partition coefficient (Wildman–Crippen LogP) is 7.06. The Balaban J connectivity index is 1.38. The summed E-state index contributed by atoms with van der Waals surface area (Å²) in [5.41, 5.74) is 3.95. The second-order valence-corrected chi connectivity index (χ2v) is 12.9. The van der Waals surface area contributed by atoms with Gasteiger partial charge in [-0.15, -0.1) is 0 Å². The Bertz CT molecular complexity index is 756. The van der Waals surface area contributed by atoms with Crippen LogP contribution in [0.15, 0.2) is 23.0 Å². The van der Waals surface area contributed by atoms with E-state index in [4.69, 9.17) is 4.74 Å². The summed E-state index contributed by atoms with van der Waals surface area (Å²) in [6.07, 6.45) is 13.7. The summed E-state index contributed by atoms with van der Waals surface area (Å²) in [5, 5.41) is 10.2. The molecule has 0 aromatic heterocycles. The van der Waals surface area contributed by atoms with Crippen LogP contribution in [-0.2, 0) is 4.74 Å². The van der Waals surface area contributed by atoms with Crippen molar-refractivity contribution >= 4 is 22.6 Å². The van der Waals surface area contributed by atoms with Crippen molar-refractivity contribution in [1.82, 2.24) is 0 Å². The molecule has 5 aliphatic rings. The van der Waals surface area contributed by atoms with E-state index >= 15 is 0 Å². The molecule has 0 radical (unpaired) electrons. The van der Waals surface area contributed by atoms with Gasteiger partial charge in [-0.1, -0.05) is 55.0 Å². The summed E-state index contributed by atoms with van der Waals surface area (Å²) in [6.45, 7) is 9.92. The summed E-state index contributed by atoms with van der Waals surface area (Å²) in [4.78, 5) is 0. The van der Waals surface area contributed by atoms with E-state index in [1.165, 1.54) is 48.7 Å². The van der Waals surface area contributed by atoms with Crippen molar-refractivity contribution in [1.29, 1.82) is 0 Å². The van der Waals surface area contributed by atoms with E-state index in [1.807, 2.05) is 0 Å². The Kier molecular flexibility index (Phi) is 5.65. The van der Waals surface area contributed by atoms with Gasteiger partial charge in [-0.25, -0.2) is 0 Å². The lowest BCUT2D eigenvalue weighted by atomic mass is 9.47. The van der Waals surface area contributed by atoms with Gasteiger partial charge >= 0.3 is 0 Å². The highest BCUT2D eigenvalue weighted by Crippen LogP contribution is 2.68. The van der Waals surface area contributed by atoms with Crippen molar-refractivity contribution in [3.63, 3.8) is 0 Å². The summed E-state index contributed by atoms with van der Waals surface area (Å²) in [5.74, 6) is 5.22. The molecule has 4 aliphatic carbocycles. The third-order valence-corrected chi connectivity index (χ3v) is 11.9. The van der Waals surface area contributed by atoms with Crippen molar-refractivity contribution in [2.75, 3.05) is 4.43 Å². The molecule has 30 heavy (non-hydrogen) atoms. The van der Waals surface area contributed by atoms with Crippen LogP contribution in [0.2, 0.25) is 0 Å². The van der Waals surface area contributed by atoms with E-state index < -0.39 is 0 Å². The fourth-order valence-electron chi connectivity index (χ4n) is 8.68. The zero-order valence-corrected chi connectivity index (χ0v) is 21.6. The number of hydrogen-bond donors (Lipinski definition) is 1. The number of alkyl halides is 1. The smallest absolute Gasteiger partial charge is 0.106 e. The molecular weight excluding hydrogens is 483 g/mol. The molecule has 168 valence electrons. The molecule has 3 saturated carbocycles. The van der Waals surface area contributed by atoms with Gasteiger partial charge in [0, 0.05) is 16.8 Å². The van der Waals surface area contributed by atoms with Crippen LogP contribution in [0, 0.1) is 40.4 Å². The molecule has 3 fully saturated rings. The molecule has 1 heterocycles. The van der Waals surface area contributed by atoms with E-state index in [0.29, 0.717) is 22.9 Å². The number of allylic oxidation sites excluding steroid dienone is 2. The average Bonchev–Trinajstić information content (AvgIpc) is 3.20. The highest BCUT2D eigenvalue weighted by Gasteiger charge is 2.63. The monoisotopic (exact) mass is 524 g/mol. The molecule has 1 aliphatic heterocycles. The molecule has 0 unspecified atom stereocenters. The maximum Gasteiger partial charge on any atom is 0.106 e. The molecule has 0 aromatic rings. The Morgan fingerprint density at radius 2 is 2.03 bits per heavy atom. The minimum atomic E-state index is -0.102. The third kappa shape index (κ3) is 3.18. The highest BCUT2D eigenvalue weighted by atomic mass is 127. The number of aliphatic hydroxyl groups excluding tert-OH is 1. The molecule has 1 N–H and O–H groups in total. The standard InChI is InChI=1S/C27H41IO2/c1-16(15-28)5-8-23-17(2)25-24(30-23)14-22-20-7-6-18-13-19(29)9-11-26(18,3)21(20)10-12-27(22,25)4/h6,16,19-22,24-25,29H,5,7-15H2,1-4H3/t16-,19+,20-,21+,22+,24+,25+,26+,27+/m1/s1. The van der Waals surface area contributed by atoms with Gasteiger partial charge in [0.2, 0.25) is 0 Å². The predicted molar refractivity (Wildman–Crippen MR) is 131 cm³/mol. The van der Waals surface area contributed by atoms with Gasteiger partial charge in [0.15, 0.2) is 0 Å². The SMILES string of the molecule is CC1=C(CC[C@@H](C)CI)O[C@H]2C[C@H]3[C@@H]4CC=C5C[C@@H](O)CC[C@]5(C)[C@H]4CC[C@]3(C)[C@@H]12. The van der Waals surface area contributed by atoms with Crippen LogP contribution in [0.5, 0.6) is 0 Å². The second kappa shape index (κ2) is 7.78. The van der Waals surface area contributed by atoms with Gasteiger partial charge in [-0.3, -0.25) is 0 Å². The van der Waals surface area contributed by atoms with E-state index in [-0.39, 0.29) is 6.10 Å². The van der Waals surface area contributed by atoms with Crippen molar-refractivity contribution in [3.8, 4) is 0 Å². The minimum absolute atomic E-state index is 0.102. The summed E-state index contributed by atoms with van der Waals surface area (Å²) < 4.78 is 7.95. The first-order valence-electron chi connectivity index (χ1n) is 12.6. The lowest BCUT2D eigenvalue weighted by Crippen LogP contribution is -2.50. The number of halogens is 1. The average molecular weight is 525 g/mol. The molecule has 5 rings (SSSR count). The number of aliphatic hydroxyl groups is 1. The zero-order chi connectivity index (χ0) is 21.3. The molecular formula is C27H41IO2.